The predicted molar refractivity (Wildman–Crippen MR) is 115 cm³/mol. The number of ether oxygens (including phenoxy) is 1. The Balaban J connectivity index is 1.34. The molecule has 0 aliphatic carbocycles. The molecule has 31 heavy (non-hydrogen) atoms. The summed E-state index contributed by atoms with van der Waals surface area (Å²) in [5, 5.41) is 2.96. The average Bonchev–Trinajstić information content (AvgIpc) is 3.00. The number of hydrogen-bond acceptors (Lipinski definition) is 5. The van der Waals surface area contributed by atoms with E-state index in [9.17, 15) is 14.4 Å². The van der Waals surface area contributed by atoms with Gasteiger partial charge >= 0.3 is 12.1 Å². The number of imide groups is 1. The predicted octanol–water partition coefficient (Wildman–Crippen LogP) is 2.50. The SMILES string of the molecule is CCOC(=O)N1CCC2(CC1)NC(=O)N(C1CCN(Cc3ccccc3C)CC1)C2=O. The monoisotopic (exact) mass is 428 g/mol. The molecule has 4 amide bonds. The van der Waals surface area contributed by atoms with E-state index in [1.165, 1.54) is 16.0 Å². The minimum atomic E-state index is -0.877. The smallest absolute Gasteiger partial charge is 0.409 e. The lowest BCUT2D eigenvalue weighted by Crippen LogP contribution is -2.56. The molecule has 0 bridgehead atoms. The van der Waals surface area contributed by atoms with Crippen molar-refractivity contribution in [2.24, 2.45) is 0 Å². The van der Waals surface area contributed by atoms with E-state index < -0.39 is 5.54 Å². The van der Waals surface area contributed by atoms with Crippen molar-refractivity contribution in [1.29, 1.82) is 0 Å². The summed E-state index contributed by atoms with van der Waals surface area (Å²) in [7, 11) is 0. The van der Waals surface area contributed by atoms with Crippen LogP contribution in [-0.2, 0) is 16.1 Å². The van der Waals surface area contributed by atoms with Crippen LogP contribution in [0.25, 0.3) is 0 Å². The summed E-state index contributed by atoms with van der Waals surface area (Å²) >= 11 is 0. The maximum Gasteiger partial charge on any atom is 0.409 e. The van der Waals surface area contributed by atoms with Gasteiger partial charge in [0.2, 0.25) is 0 Å². The minimum absolute atomic E-state index is 0.0666. The number of likely N-dealkylation sites (tertiary alicyclic amines) is 2. The van der Waals surface area contributed by atoms with Gasteiger partial charge in [0, 0.05) is 38.8 Å². The first kappa shape index (κ1) is 21.6. The quantitative estimate of drug-likeness (QED) is 0.745. The van der Waals surface area contributed by atoms with Gasteiger partial charge < -0.3 is 15.0 Å². The maximum absolute atomic E-state index is 13.3. The van der Waals surface area contributed by atoms with Crippen LogP contribution in [0.5, 0.6) is 0 Å². The summed E-state index contributed by atoms with van der Waals surface area (Å²) in [5.41, 5.74) is 1.73. The van der Waals surface area contributed by atoms with E-state index in [0.29, 0.717) is 32.5 Å². The molecule has 1 N–H and O–H groups in total. The number of nitrogens with one attached hydrogen (secondary N) is 1. The van der Waals surface area contributed by atoms with Crippen LogP contribution < -0.4 is 5.32 Å². The van der Waals surface area contributed by atoms with Crippen LogP contribution in [0, 0.1) is 6.92 Å². The van der Waals surface area contributed by atoms with Crippen molar-refractivity contribution >= 4 is 18.0 Å². The van der Waals surface area contributed by atoms with Gasteiger partial charge in [-0.15, -0.1) is 0 Å². The van der Waals surface area contributed by atoms with Crippen LogP contribution in [0.3, 0.4) is 0 Å². The Morgan fingerprint density at radius 3 is 2.45 bits per heavy atom. The summed E-state index contributed by atoms with van der Waals surface area (Å²) in [5.74, 6) is -0.127. The molecule has 3 fully saturated rings. The molecule has 1 aromatic rings. The second kappa shape index (κ2) is 8.86. The van der Waals surface area contributed by atoms with Gasteiger partial charge in [0.15, 0.2) is 0 Å². The van der Waals surface area contributed by atoms with Crippen molar-refractivity contribution < 1.29 is 19.1 Å². The molecule has 4 rings (SSSR count). The number of aryl methyl sites for hydroxylation is 1. The van der Waals surface area contributed by atoms with E-state index in [-0.39, 0.29) is 24.1 Å². The van der Waals surface area contributed by atoms with Gasteiger partial charge in [-0.1, -0.05) is 24.3 Å². The van der Waals surface area contributed by atoms with Gasteiger partial charge in [-0.2, -0.15) is 0 Å². The number of piperidine rings is 2. The molecule has 168 valence electrons. The van der Waals surface area contributed by atoms with Crippen LogP contribution in [0.15, 0.2) is 24.3 Å². The molecule has 1 aromatic carbocycles. The molecule has 0 radical (unpaired) electrons. The van der Waals surface area contributed by atoms with Crippen LogP contribution in [-0.4, -0.2) is 77.1 Å². The third-order valence-corrected chi connectivity index (χ3v) is 6.91. The van der Waals surface area contributed by atoms with Crippen molar-refractivity contribution in [3.05, 3.63) is 35.4 Å². The summed E-state index contributed by atoms with van der Waals surface area (Å²) in [6.07, 6.45) is 2.08. The molecule has 8 nitrogen and oxygen atoms in total. The number of hydrogen-bond donors (Lipinski definition) is 1. The topological polar surface area (TPSA) is 82.2 Å². The fraction of sp³-hybridized carbons (Fsp3) is 0.609. The zero-order chi connectivity index (χ0) is 22.0. The Morgan fingerprint density at radius 1 is 1.13 bits per heavy atom. The van der Waals surface area contributed by atoms with Gasteiger partial charge in [0.05, 0.1) is 6.61 Å². The molecule has 0 aromatic heterocycles. The normalized spacial score (nSPS) is 22.1. The highest BCUT2D eigenvalue weighted by Gasteiger charge is 2.54. The van der Waals surface area contributed by atoms with E-state index in [2.05, 4.69) is 41.4 Å². The molecule has 0 atom stereocenters. The standard InChI is InChI=1S/C23H32N4O4/c1-3-31-22(30)26-14-10-23(11-15-26)20(28)27(21(29)24-23)19-8-12-25(13-9-19)16-18-7-5-4-6-17(18)2/h4-7,19H,3,8-16H2,1-2H3,(H,24,29). The van der Waals surface area contributed by atoms with Crippen molar-refractivity contribution in [1.82, 2.24) is 20.0 Å². The third-order valence-electron chi connectivity index (χ3n) is 6.91. The van der Waals surface area contributed by atoms with Crippen molar-refractivity contribution in [2.45, 2.75) is 57.7 Å². The zero-order valence-electron chi connectivity index (χ0n) is 18.4. The molecule has 1 spiro atoms. The molecule has 3 aliphatic heterocycles. The van der Waals surface area contributed by atoms with Crippen LogP contribution in [0.1, 0.15) is 43.7 Å². The molecule has 3 heterocycles. The molecule has 3 saturated heterocycles. The average molecular weight is 429 g/mol. The molecule has 0 unspecified atom stereocenters. The maximum atomic E-state index is 13.3. The highest BCUT2D eigenvalue weighted by Crippen LogP contribution is 2.33. The highest BCUT2D eigenvalue weighted by molar-refractivity contribution is 6.07. The second-order valence-corrected chi connectivity index (χ2v) is 8.81. The van der Waals surface area contributed by atoms with Crippen LogP contribution in [0.4, 0.5) is 9.59 Å². The van der Waals surface area contributed by atoms with E-state index in [1.807, 2.05) is 0 Å². The fourth-order valence-electron chi connectivity index (χ4n) is 4.96. The lowest BCUT2D eigenvalue weighted by molar-refractivity contribution is -0.135. The molecular weight excluding hydrogens is 396 g/mol. The van der Waals surface area contributed by atoms with Gasteiger partial charge in [0.25, 0.3) is 5.91 Å². The Bertz CT molecular complexity index is 842. The summed E-state index contributed by atoms with van der Waals surface area (Å²) in [6, 6.07) is 8.05. The van der Waals surface area contributed by atoms with Crippen molar-refractivity contribution in [3.8, 4) is 0 Å². The lowest BCUT2D eigenvalue weighted by atomic mass is 9.87. The number of benzene rings is 1. The largest absolute Gasteiger partial charge is 0.450 e. The third kappa shape index (κ3) is 4.26. The zero-order valence-corrected chi connectivity index (χ0v) is 18.4. The molecular formula is C23H32N4O4. The van der Waals surface area contributed by atoms with Gasteiger partial charge in [-0.05, 0) is 50.7 Å². The van der Waals surface area contributed by atoms with E-state index in [0.717, 1.165) is 32.5 Å². The Kier molecular flexibility index (Phi) is 6.18. The number of nitrogens with zero attached hydrogens (tertiary/aromatic N) is 3. The van der Waals surface area contributed by atoms with Gasteiger partial charge in [-0.25, -0.2) is 9.59 Å². The van der Waals surface area contributed by atoms with Crippen LogP contribution in [0.2, 0.25) is 0 Å². The minimum Gasteiger partial charge on any atom is -0.450 e. The van der Waals surface area contributed by atoms with Crippen molar-refractivity contribution in [2.75, 3.05) is 32.8 Å². The Labute approximate surface area is 183 Å². The second-order valence-electron chi connectivity index (χ2n) is 8.81. The summed E-state index contributed by atoms with van der Waals surface area (Å²) in [6.45, 7) is 7.66. The van der Waals surface area contributed by atoms with Gasteiger partial charge in [0.1, 0.15) is 5.54 Å². The Morgan fingerprint density at radius 2 is 1.81 bits per heavy atom. The summed E-state index contributed by atoms with van der Waals surface area (Å²) < 4.78 is 5.06. The first-order chi connectivity index (χ1) is 14.9. The number of urea groups is 1. The number of amides is 4. The Hall–Kier alpha value is -2.61. The van der Waals surface area contributed by atoms with Crippen LogP contribution >= 0.6 is 0 Å². The number of carbonyl (C=O) groups is 3. The van der Waals surface area contributed by atoms with E-state index >= 15 is 0 Å². The van der Waals surface area contributed by atoms with Crippen molar-refractivity contribution in [3.63, 3.8) is 0 Å². The number of rotatable bonds is 4. The van der Waals surface area contributed by atoms with E-state index in [4.69, 9.17) is 4.74 Å². The fourth-order valence-corrected chi connectivity index (χ4v) is 4.96. The first-order valence-electron chi connectivity index (χ1n) is 11.3. The lowest BCUT2D eigenvalue weighted by Gasteiger charge is -2.38. The highest BCUT2D eigenvalue weighted by atomic mass is 16.6. The summed E-state index contributed by atoms with van der Waals surface area (Å²) in [4.78, 5) is 43.5. The molecule has 8 heteroatoms. The van der Waals surface area contributed by atoms with Gasteiger partial charge in [-0.3, -0.25) is 14.6 Å². The van der Waals surface area contributed by atoms with E-state index in [1.54, 1.807) is 11.8 Å². The number of carbonyl (C=O) groups excluding carboxylic acids is 3. The molecule has 0 saturated carbocycles. The molecule has 3 aliphatic rings. The first-order valence-corrected chi connectivity index (χ1v) is 11.3.